The molecule has 0 bridgehead atoms. The number of fused-ring (bicyclic) bond motifs is 1. The van der Waals surface area contributed by atoms with E-state index in [0.717, 1.165) is 38.8 Å². The molecule has 166 valence electrons. The molecule has 3 aliphatic rings. The van der Waals surface area contributed by atoms with Crippen molar-refractivity contribution < 1.29 is 37.3 Å². The summed E-state index contributed by atoms with van der Waals surface area (Å²) in [7, 11) is 0. The average molecular weight is 431 g/mol. The van der Waals surface area contributed by atoms with Crippen molar-refractivity contribution in [3.8, 4) is 5.88 Å². The van der Waals surface area contributed by atoms with Gasteiger partial charge in [-0.3, -0.25) is 0 Å². The highest BCUT2D eigenvalue weighted by Crippen LogP contribution is 2.33. The van der Waals surface area contributed by atoms with E-state index in [-0.39, 0.29) is 24.3 Å². The lowest BCUT2D eigenvalue weighted by Gasteiger charge is -2.40. The number of halogens is 3. The predicted molar refractivity (Wildman–Crippen MR) is 98.0 cm³/mol. The molecule has 4 rings (SSSR count). The Morgan fingerprint density at radius 3 is 2.47 bits per heavy atom. The van der Waals surface area contributed by atoms with E-state index in [4.69, 9.17) is 19.4 Å². The van der Waals surface area contributed by atoms with E-state index in [0.29, 0.717) is 19.0 Å². The zero-order valence-corrected chi connectivity index (χ0v) is 16.3. The summed E-state index contributed by atoms with van der Waals surface area (Å²) in [6.07, 6.45) is 0.649. The summed E-state index contributed by atoms with van der Waals surface area (Å²) < 4.78 is 43.7. The first-order valence-corrected chi connectivity index (χ1v) is 9.82. The minimum absolute atomic E-state index is 0.0240. The van der Waals surface area contributed by atoms with Gasteiger partial charge in [0, 0.05) is 31.9 Å². The zero-order valence-electron chi connectivity index (χ0n) is 16.3. The molecule has 1 saturated carbocycles. The van der Waals surface area contributed by atoms with Crippen molar-refractivity contribution >= 4 is 12.0 Å². The van der Waals surface area contributed by atoms with Crippen LogP contribution in [0, 0.1) is 0 Å². The van der Waals surface area contributed by atoms with Crippen LogP contribution in [0.4, 0.5) is 18.0 Å². The van der Waals surface area contributed by atoms with Crippen molar-refractivity contribution in [1.82, 2.24) is 14.8 Å². The molecular weight excluding hydrogens is 407 g/mol. The van der Waals surface area contributed by atoms with Gasteiger partial charge in [-0.1, -0.05) is 6.07 Å². The van der Waals surface area contributed by atoms with Crippen molar-refractivity contribution in [1.29, 1.82) is 0 Å². The Labute approximate surface area is 171 Å². The number of nitrogens with zero attached hydrogens (tertiary/aromatic N) is 3. The topological polar surface area (TPSA) is 92.2 Å². The molecule has 2 amide bonds. The van der Waals surface area contributed by atoms with Gasteiger partial charge in [-0.05, 0) is 31.7 Å². The van der Waals surface area contributed by atoms with Crippen LogP contribution in [0.3, 0.4) is 0 Å². The SMILES string of the molecule is O=C(N1CCCC1)N1CCO[C@H]2[C@@H](Oc3ccccn3)CC[C@@H]21.O=C(O)C(F)(F)F. The molecule has 8 nitrogen and oxygen atoms in total. The van der Waals surface area contributed by atoms with E-state index in [2.05, 4.69) is 4.98 Å². The lowest BCUT2D eigenvalue weighted by molar-refractivity contribution is -0.192. The van der Waals surface area contributed by atoms with Crippen LogP contribution in [0.5, 0.6) is 5.88 Å². The Balaban J connectivity index is 0.000000318. The highest BCUT2D eigenvalue weighted by atomic mass is 19.4. The lowest BCUT2D eigenvalue weighted by atomic mass is 10.1. The number of likely N-dealkylation sites (tertiary alicyclic amines) is 1. The number of aromatic nitrogens is 1. The summed E-state index contributed by atoms with van der Waals surface area (Å²) in [4.78, 5) is 29.9. The maximum Gasteiger partial charge on any atom is 0.490 e. The fourth-order valence-electron chi connectivity index (χ4n) is 3.94. The molecule has 1 aliphatic carbocycles. The van der Waals surface area contributed by atoms with Gasteiger partial charge in [0.2, 0.25) is 5.88 Å². The number of aliphatic carboxylic acids is 1. The number of carboxylic acid groups (broad SMARTS) is 1. The molecule has 2 saturated heterocycles. The van der Waals surface area contributed by atoms with Crippen LogP contribution in [0.1, 0.15) is 25.7 Å². The molecule has 0 spiro atoms. The summed E-state index contributed by atoms with van der Waals surface area (Å²) in [5.41, 5.74) is 0. The number of carbonyl (C=O) groups is 2. The monoisotopic (exact) mass is 431 g/mol. The number of alkyl halides is 3. The van der Waals surface area contributed by atoms with Crippen LogP contribution in [0.2, 0.25) is 0 Å². The number of ether oxygens (including phenoxy) is 2. The number of hydrogen-bond acceptors (Lipinski definition) is 5. The minimum atomic E-state index is -5.08. The number of amides is 2. The standard InChI is InChI=1S/C17H23N3O3.C2HF3O2/c21-17(19-9-3-4-10-19)20-11-12-22-16-13(20)6-7-14(16)23-15-5-1-2-8-18-15;3-2(4,5)1(6)7/h1-2,5,8,13-14,16H,3-4,6-7,9-12H2;(H,6,7)/t13-,14-,16+;/m0./s1. The Bertz CT molecular complexity index is 728. The van der Waals surface area contributed by atoms with Crippen LogP contribution in [0.25, 0.3) is 0 Å². The van der Waals surface area contributed by atoms with Gasteiger partial charge in [0.15, 0.2) is 0 Å². The molecule has 3 atom stereocenters. The summed E-state index contributed by atoms with van der Waals surface area (Å²) in [6.45, 7) is 3.05. The zero-order chi connectivity index (χ0) is 21.7. The van der Waals surface area contributed by atoms with Crippen LogP contribution in [-0.2, 0) is 9.53 Å². The number of urea groups is 1. The van der Waals surface area contributed by atoms with Crippen molar-refractivity contribution in [2.24, 2.45) is 0 Å². The Morgan fingerprint density at radius 2 is 1.87 bits per heavy atom. The van der Waals surface area contributed by atoms with Crippen LogP contribution in [-0.4, -0.2) is 82.6 Å². The third-order valence-corrected chi connectivity index (χ3v) is 5.31. The molecule has 0 unspecified atom stereocenters. The molecule has 0 aromatic carbocycles. The quantitative estimate of drug-likeness (QED) is 0.774. The minimum Gasteiger partial charge on any atom is -0.475 e. The number of morpholine rings is 1. The van der Waals surface area contributed by atoms with Gasteiger partial charge >= 0.3 is 18.2 Å². The molecule has 3 fully saturated rings. The maximum absolute atomic E-state index is 12.8. The fraction of sp³-hybridized carbons (Fsp3) is 0.632. The van der Waals surface area contributed by atoms with Crippen molar-refractivity contribution in [2.45, 2.75) is 50.1 Å². The van der Waals surface area contributed by atoms with E-state index >= 15 is 0 Å². The molecule has 1 N–H and O–H groups in total. The molecular formula is C19H24F3N3O5. The highest BCUT2D eigenvalue weighted by molar-refractivity contribution is 5.75. The van der Waals surface area contributed by atoms with Gasteiger partial charge in [0.1, 0.15) is 12.2 Å². The molecule has 30 heavy (non-hydrogen) atoms. The maximum atomic E-state index is 12.8. The first kappa shape index (κ1) is 22.1. The van der Waals surface area contributed by atoms with Crippen molar-refractivity contribution in [2.75, 3.05) is 26.2 Å². The molecule has 2 aliphatic heterocycles. The summed E-state index contributed by atoms with van der Waals surface area (Å²) in [6, 6.07) is 5.96. The van der Waals surface area contributed by atoms with Crippen LogP contribution < -0.4 is 4.74 Å². The highest BCUT2D eigenvalue weighted by Gasteiger charge is 2.46. The number of carboxylic acids is 1. The summed E-state index contributed by atoms with van der Waals surface area (Å²) >= 11 is 0. The van der Waals surface area contributed by atoms with Gasteiger partial charge < -0.3 is 24.4 Å². The fourth-order valence-corrected chi connectivity index (χ4v) is 3.94. The van der Waals surface area contributed by atoms with E-state index in [9.17, 15) is 18.0 Å². The van der Waals surface area contributed by atoms with E-state index in [1.807, 2.05) is 28.0 Å². The second-order valence-corrected chi connectivity index (χ2v) is 7.28. The third-order valence-electron chi connectivity index (χ3n) is 5.31. The van der Waals surface area contributed by atoms with Gasteiger partial charge in [-0.25, -0.2) is 14.6 Å². The van der Waals surface area contributed by atoms with Crippen LogP contribution >= 0.6 is 0 Å². The predicted octanol–water partition coefficient (Wildman–Crippen LogP) is 2.54. The van der Waals surface area contributed by atoms with Crippen molar-refractivity contribution in [3.63, 3.8) is 0 Å². The van der Waals surface area contributed by atoms with Gasteiger partial charge in [0.05, 0.1) is 12.6 Å². The molecule has 0 radical (unpaired) electrons. The normalized spacial score (nSPS) is 25.9. The Morgan fingerprint density at radius 1 is 1.17 bits per heavy atom. The van der Waals surface area contributed by atoms with E-state index < -0.39 is 12.1 Å². The Kier molecular flexibility index (Phi) is 7.01. The van der Waals surface area contributed by atoms with Crippen LogP contribution in [0.15, 0.2) is 24.4 Å². The smallest absolute Gasteiger partial charge is 0.475 e. The summed E-state index contributed by atoms with van der Waals surface area (Å²) in [5, 5.41) is 7.12. The number of carbonyl (C=O) groups excluding carboxylic acids is 1. The molecule has 3 heterocycles. The molecule has 1 aromatic heterocycles. The number of hydrogen-bond donors (Lipinski definition) is 1. The van der Waals surface area contributed by atoms with E-state index in [1.54, 1.807) is 6.20 Å². The number of pyridine rings is 1. The largest absolute Gasteiger partial charge is 0.490 e. The van der Waals surface area contributed by atoms with E-state index in [1.165, 1.54) is 0 Å². The number of rotatable bonds is 2. The Hall–Kier alpha value is -2.56. The first-order valence-electron chi connectivity index (χ1n) is 9.82. The second kappa shape index (κ2) is 9.50. The second-order valence-electron chi connectivity index (χ2n) is 7.28. The van der Waals surface area contributed by atoms with Gasteiger partial charge in [-0.2, -0.15) is 13.2 Å². The molecule has 11 heteroatoms. The lowest BCUT2D eigenvalue weighted by Crippen LogP contribution is -2.57. The third kappa shape index (κ3) is 5.32. The summed E-state index contributed by atoms with van der Waals surface area (Å²) in [5.74, 6) is -2.13. The van der Waals surface area contributed by atoms with Crippen molar-refractivity contribution in [3.05, 3.63) is 24.4 Å². The van der Waals surface area contributed by atoms with Gasteiger partial charge in [-0.15, -0.1) is 0 Å². The average Bonchev–Trinajstić information content (AvgIpc) is 3.38. The molecule has 1 aromatic rings. The first-order chi connectivity index (χ1) is 14.3. The van der Waals surface area contributed by atoms with Gasteiger partial charge in [0.25, 0.3) is 0 Å².